The van der Waals surface area contributed by atoms with E-state index in [0.29, 0.717) is 17.1 Å². The smallest absolute Gasteiger partial charge is 0.178 e. The molecule has 0 fully saturated rings. The van der Waals surface area contributed by atoms with Gasteiger partial charge in [-0.05, 0) is 24.6 Å². The molecular weight excluding hydrogens is 190 g/mol. The van der Waals surface area contributed by atoms with E-state index in [-0.39, 0.29) is 0 Å². The first kappa shape index (κ1) is 9.45. The van der Waals surface area contributed by atoms with E-state index in [9.17, 15) is 4.79 Å². The van der Waals surface area contributed by atoms with Crippen molar-refractivity contribution >= 4 is 6.29 Å². The Balaban J connectivity index is 2.63. The average molecular weight is 199 g/mol. The Morgan fingerprint density at radius 2 is 1.87 bits per heavy atom. The fourth-order valence-electron chi connectivity index (χ4n) is 1.32. The highest BCUT2D eigenvalue weighted by atomic mass is 16.1. The summed E-state index contributed by atoms with van der Waals surface area (Å²) >= 11 is 0. The van der Waals surface area contributed by atoms with Crippen LogP contribution in [0, 0.1) is 6.92 Å². The van der Waals surface area contributed by atoms with Crippen molar-refractivity contribution in [1.82, 2.24) is 15.0 Å². The molecule has 2 rings (SSSR count). The molecule has 0 amide bonds. The Kier molecular flexibility index (Phi) is 2.49. The number of hydrogen-bond acceptors (Lipinski definition) is 4. The number of carbonyl (C=O) groups excluding carboxylic acids is 1. The van der Waals surface area contributed by atoms with E-state index >= 15 is 0 Å². The number of nitrogens with zero attached hydrogens (tertiary/aromatic N) is 3. The van der Waals surface area contributed by atoms with E-state index in [0.717, 1.165) is 11.8 Å². The molecule has 0 atom stereocenters. The van der Waals surface area contributed by atoms with Crippen molar-refractivity contribution in [2.75, 3.05) is 0 Å². The summed E-state index contributed by atoms with van der Waals surface area (Å²) in [6, 6.07) is 3.51. The van der Waals surface area contributed by atoms with Crippen molar-refractivity contribution in [1.29, 1.82) is 0 Å². The van der Waals surface area contributed by atoms with Crippen LogP contribution in [0.4, 0.5) is 0 Å². The summed E-state index contributed by atoms with van der Waals surface area (Å²) in [5.74, 6) is 0.475. The SMILES string of the molecule is Cc1ccnc(-c2ncccn2)c1C=O. The summed E-state index contributed by atoms with van der Waals surface area (Å²) in [6.07, 6.45) is 5.68. The highest BCUT2D eigenvalue weighted by Crippen LogP contribution is 2.17. The molecule has 15 heavy (non-hydrogen) atoms. The fourth-order valence-corrected chi connectivity index (χ4v) is 1.32. The molecule has 4 nitrogen and oxygen atoms in total. The molecule has 0 unspecified atom stereocenters. The van der Waals surface area contributed by atoms with Crippen LogP contribution in [0.2, 0.25) is 0 Å². The van der Waals surface area contributed by atoms with Gasteiger partial charge in [0.05, 0.1) is 0 Å². The van der Waals surface area contributed by atoms with E-state index in [1.807, 2.05) is 6.92 Å². The molecule has 2 heterocycles. The third kappa shape index (κ3) is 1.74. The third-order valence-corrected chi connectivity index (χ3v) is 2.10. The van der Waals surface area contributed by atoms with Crippen LogP contribution in [0.25, 0.3) is 11.5 Å². The summed E-state index contributed by atoms with van der Waals surface area (Å²) in [7, 11) is 0. The van der Waals surface area contributed by atoms with Gasteiger partial charge in [0, 0.05) is 24.2 Å². The number of aromatic nitrogens is 3. The minimum absolute atomic E-state index is 0.475. The minimum atomic E-state index is 0.475. The fraction of sp³-hybridized carbons (Fsp3) is 0.0909. The number of hydrogen-bond donors (Lipinski definition) is 0. The summed E-state index contributed by atoms with van der Waals surface area (Å²) in [5, 5.41) is 0. The first-order valence-electron chi connectivity index (χ1n) is 4.51. The molecular formula is C11H9N3O. The molecule has 4 heteroatoms. The number of aryl methyl sites for hydroxylation is 1. The predicted octanol–water partition coefficient (Wildman–Crippen LogP) is 1.66. The van der Waals surface area contributed by atoms with Gasteiger partial charge >= 0.3 is 0 Å². The van der Waals surface area contributed by atoms with Crippen molar-refractivity contribution in [2.24, 2.45) is 0 Å². The molecule has 0 saturated heterocycles. The largest absolute Gasteiger partial charge is 0.298 e. The molecule has 0 radical (unpaired) electrons. The quantitative estimate of drug-likeness (QED) is 0.690. The number of aldehydes is 1. The van der Waals surface area contributed by atoms with E-state index in [4.69, 9.17) is 0 Å². The van der Waals surface area contributed by atoms with Crippen LogP contribution in [-0.2, 0) is 0 Å². The maximum absolute atomic E-state index is 10.9. The van der Waals surface area contributed by atoms with Crippen molar-refractivity contribution in [3.63, 3.8) is 0 Å². The highest BCUT2D eigenvalue weighted by molar-refractivity contribution is 5.85. The third-order valence-electron chi connectivity index (χ3n) is 2.10. The minimum Gasteiger partial charge on any atom is -0.298 e. The lowest BCUT2D eigenvalue weighted by Gasteiger charge is -2.03. The molecule has 0 N–H and O–H groups in total. The van der Waals surface area contributed by atoms with Crippen molar-refractivity contribution < 1.29 is 4.79 Å². The van der Waals surface area contributed by atoms with E-state index in [1.165, 1.54) is 0 Å². The van der Waals surface area contributed by atoms with Crippen LogP contribution in [-0.4, -0.2) is 21.2 Å². The molecule has 0 saturated carbocycles. The Hall–Kier alpha value is -2.10. The second-order valence-electron chi connectivity index (χ2n) is 3.08. The lowest BCUT2D eigenvalue weighted by atomic mass is 10.1. The van der Waals surface area contributed by atoms with Crippen molar-refractivity contribution in [3.05, 3.63) is 41.9 Å². The van der Waals surface area contributed by atoms with Gasteiger partial charge < -0.3 is 0 Å². The number of pyridine rings is 1. The van der Waals surface area contributed by atoms with E-state index in [1.54, 1.807) is 30.7 Å². The van der Waals surface area contributed by atoms with Gasteiger partial charge in [0.1, 0.15) is 5.69 Å². The molecule has 0 aliphatic carbocycles. The summed E-state index contributed by atoms with van der Waals surface area (Å²) in [5.41, 5.74) is 1.96. The maximum atomic E-state index is 10.9. The zero-order chi connectivity index (χ0) is 10.7. The van der Waals surface area contributed by atoms with Crippen LogP contribution in [0.3, 0.4) is 0 Å². The van der Waals surface area contributed by atoms with E-state index in [2.05, 4.69) is 15.0 Å². The monoisotopic (exact) mass is 199 g/mol. The predicted molar refractivity (Wildman–Crippen MR) is 55.4 cm³/mol. The van der Waals surface area contributed by atoms with Gasteiger partial charge in [-0.2, -0.15) is 0 Å². The molecule has 0 spiro atoms. The molecule has 0 aromatic carbocycles. The first-order valence-corrected chi connectivity index (χ1v) is 4.51. The summed E-state index contributed by atoms with van der Waals surface area (Å²) in [4.78, 5) is 23.2. The standard InChI is InChI=1S/C11H9N3O/c1-8-3-6-12-10(9(8)7-15)11-13-4-2-5-14-11/h2-7H,1H3. The number of carbonyl (C=O) groups is 1. The summed E-state index contributed by atoms with van der Waals surface area (Å²) in [6.45, 7) is 1.86. The van der Waals surface area contributed by atoms with Gasteiger partial charge in [-0.15, -0.1) is 0 Å². The Morgan fingerprint density at radius 1 is 1.13 bits per heavy atom. The normalized spacial score (nSPS) is 9.93. The Labute approximate surface area is 87.0 Å². The van der Waals surface area contributed by atoms with Gasteiger partial charge in [0.25, 0.3) is 0 Å². The van der Waals surface area contributed by atoms with Crippen molar-refractivity contribution in [2.45, 2.75) is 6.92 Å². The van der Waals surface area contributed by atoms with Gasteiger partial charge in [0.15, 0.2) is 12.1 Å². The Morgan fingerprint density at radius 3 is 2.53 bits per heavy atom. The van der Waals surface area contributed by atoms with Gasteiger partial charge in [0.2, 0.25) is 0 Å². The van der Waals surface area contributed by atoms with Gasteiger partial charge in [-0.3, -0.25) is 9.78 Å². The Bertz CT molecular complexity index is 482. The summed E-state index contributed by atoms with van der Waals surface area (Å²) < 4.78 is 0. The van der Waals surface area contributed by atoms with Crippen LogP contribution < -0.4 is 0 Å². The maximum Gasteiger partial charge on any atom is 0.178 e. The molecule has 0 aliphatic rings. The second kappa shape index (κ2) is 3.96. The molecule has 2 aromatic heterocycles. The molecule has 0 bridgehead atoms. The zero-order valence-electron chi connectivity index (χ0n) is 8.21. The van der Waals surface area contributed by atoms with Crippen LogP contribution in [0.5, 0.6) is 0 Å². The average Bonchev–Trinajstić information content (AvgIpc) is 2.30. The first-order chi connectivity index (χ1) is 7.33. The van der Waals surface area contributed by atoms with Crippen molar-refractivity contribution in [3.8, 4) is 11.5 Å². The molecule has 74 valence electrons. The lowest BCUT2D eigenvalue weighted by Crippen LogP contribution is -1.98. The topological polar surface area (TPSA) is 55.7 Å². The van der Waals surface area contributed by atoms with Gasteiger partial charge in [-0.25, -0.2) is 9.97 Å². The highest BCUT2D eigenvalue weighted by Gasteiger charge is 2.09. The van der Waals surface area contributed by atoms with Crippen LogP contribution in [0.1, 0.15) is 15.9 Å². The zero-order valence-corrected chi connectivity index (χ0v) is 8.21. The molecule has 0 aliphatic heterocycles. The van der Waals surface area contributed by atoms with Crippen LogP contribution in [0.15, 0.2) is 30.7 Å². The van der Waals surface area contributed by atoms with E-state index < -0.39 is 0 Å². The number of rotatable bonds is 2. The van der Waals surface area contributed by atoms with Crippen LogP contribution >= 0.6 is 0 Å². The molecule has 2 aromatic rings. The lowest BCUT2D eigenvalue weighted by molar-refractivity contribution is 0.112. The van der Waals surface area contributed by atoms with Gasteiger partial charge in [-0.1, -0.05) is 0 Å². The second-order valence-corrected chi connectivity index (χ2v) is 3.08.